The van der Waals surface area contributed by atoms with E-state index in [9.17, 15) is 4.79 Å². The Morgan fingerprint density at radius 1 is 1.31 bits per heavy atom. The van der Waals surface area contributed by atoms with Crippen molar-refractivity contribution in [3.63, 3.8) is 0 Å². The molecule has 0 radical (unpaired) electrons. The van der Waals surface area contributed by atoms with E-state index in [2.05, 4.69) is 32.0 Å². The number of aryl methyl sites for hydroxylation is 2. The summed E-state index contributed by atoms with van der Waals surface area (Å²) in [7, 11) is 0. The van der Waals surface area contributed by atoms with Crippen molar-refractivity contribution in [2.75, 3.05) is 6.61 Å². The number of rotatable bonds is 3. The van der Waals surface area contributed by atoms with Crippen molar-refractivity contribution in [1.29, 1.82) is 0 Å². The van der Waals surface area contributed by atoms with Crippen molar-refractivity contribution in [3.05, 3.63) is 34.9 Å². The van der Waals surface area contributed by atoms with Gasteiger partial charge in [-0.3, -0.25) is 4.79 Å². The molecular formula is C14H18O2. The monoisotopic (exact) mass is 218 g/mol. The number of ether oxygens (including phenoxy) is 1. The van der Waals surface area contributed by atoms with E-state index < -0.39 is 0 Å². The lowest BCUT2D eigenvalue weighted by Crippen LogP contribution is -2.23. The molecule has 0 N–H and O–H groups in total. The smallest absolute Gasteiger partial charge is 0.316 e. The molecule has 2 nitrogen and oxygen atoms in total. The minimum absolute atomic E-state index is 0.0572. The molecule has 0 aliphatic heterocycles. The van der Waals surface area contributed by atoms with Crippen LogP contribution >= 0.6 is 0 Å². The fourth-order valence-corrected chi connectivity index (χ4v) is 2.04. The molecule has 0 aromatic heterocycles. The fraction of sp³-hybridized carbons (Fsp3) is 0.500. The molecule has 0 saturated heterocycles. The fourth-order valence-electron chi connectivity index (χ4n) is 2.04. The van der Waals surface area contributed by atoms with Crippen LogP contribution in [0.4, 0.5) is 0 Å². The highest BCUT2D eigenvalue weighted by Crippen LogP contribution is 2.49. The van der Waals surface area contributed by atoms with Gasteiger partial charge >= 0.3 is 5.97 Å². The summed E-state index contributed by atoms with van der Waals surface area (Å²) in [5.41, 5.74) is 3.31. The second-order valence-electron chi connectivity index (χ2n) is 4.60. The molecule has 1 aliphatic rings. The van der Waals surface area contributed by atoms with E-state index >= 15 is 0 Å². The van der Waals surface area contributed by atoms with E-state index in [1.807, 2.05) is 6.92 Å². The van der Waals surface area contributed by atoms with Crippen LogP contribution in [-0.2, 0) is 14.9 Å². The van der Waals surface area contributed by atoms with Crippen LogP contribution in [0.3, 0.4) is 0 Å². The molecule has 1 saturated carbocycles. The van der Waals surface area contributed by atoms with E-state index in [4.69, 9.17) is 4.74 Å². The van der Waals surface area contributed by atoms with Crippen LogP contribution in [0.15, 0.2) is 18.2 Å². The molecule has 0 heterocycles. The molecule has 1 aromatic carbocycles. The van der Waals surface area contributed by atoms with Crippen LogP contribution in [0, 0.1) is 13.8 Å². The molecule has 0 bridgehead atoms. The summed E-state index contributed by atoms with van der Waals surface area (Å²) in [6.45, 7) is 6.49. The first kappa shape index (κ1) is 11.2. The van der Waals surface area contributed by atoms with Crippen molar-refractivity contribution in [1.82, 2.24) is 0 Å². The zero-order valence-corrected chi connectivity index (χ0v) is 10.2. The van der Waals surface area contributed by atoms with Gasteiger partial charge in [-0.2, -0.15) is 0 Å². The number of benzene rings is 1. The molecule has 0 atom stereocenters. The Morgan fingerprint density at radius 3 is 2.50 bits per heavy atom. The van der Waals surface area contributed by atoms with Crippen LogP contribution in [-0.4, -0.2) is 12.6 Å². The van der Waals surface area contributed by atoms with Gasteiger partial charge in [-0.1, -0.05) is 18.2 Å². The predicted octanol–water partition coefficient (Wildman–Crippen LogP) is 2.90. The standard InChI is InChI=1S/C14H18O2/c1-4-16-13(15)14(7-8-14)12-6-5-10(2)11(3)9-12/h5-6,9H,4,7-8H2,1-3H3. The molecule has 0 unspecified atom stereocenters. The molecule has 16 heavy (non-hydrogen) atoms. The second-order valence-corrected chi connectivity index (χ2v) is 4.60. The topological polar surface area (TPSA) is 26.3 Å². The summed E-state index contributed by atoms with van der Waals surface area (Å²) in [6, 6.07) is 6.27. The van der Waals surface area contributed by atoms with Gasteiger partial charge in [-0.15, -0.1) is 0 Å². The average Bonchev–Trinajstić information content (AvgIpc) is 3.03. The molecule has 1 fully saturated rings. The summed E-state index contributed by atoms with van der Waals surface area (Å²) in [5, 5.41) is 0. The highest BCUT2D eigenvalue weighted by Gasteiger charge is 2.52. The van der Waals surface area contributed by atoms with Gasteiger partial charge in [0.2, 0.25) is 0 Å². The van der Waals surface area contributed by atoms with E-state index in [1.54, 1.807) is 0 Å². The zero-order chi connectivity index (χ0) is 11.8. The van der Waals surface area contributed by atoms with Crippen molar-refractivity contribution in [2.45, 2.75) is 39.0 Å². The van der Waals surface area contributed by atoms with Gasteiger partial charge in [0.25, 0.3) is 0 Å². The van der Waals surface area contributed by atoms with Crippen molar-refractivity contribution >= 4 is 5.97 Å². The second kappa shape index (κ2) is 3.93. The van der Waals surface area contributed by atoms with Crippen LogP contribution in [0.25, 0.3) is 0 Å². The van der Waals surface area contributed by atoms with Crippen molar-refractivity contribution in [2.24, 2.45) is 0 Å². The van der Waals surface area contributed by atoms with Crippen molar-refractivity contribution in [3.8, 4) is 0 Å². The van der Waals surface area contributed by atoms with Gasteiger partial charge in [0.1, 0.15) is 0 Å². The highest BCUT2D eigenvalue weighted by molar-refractivity contribution is 5.86. The number of esters is 1. The van der Waals surface area contributed by atoms with Gasteiger partial charge < -0.3 is 4.74 Å². The molecular weight excluding hydrogens is 200 g/mol. The normalized spacial score (nSPS) is 16.9. The minimum Gasteiger partial charge on any atom is -0.465 e. The molecule has 0 spiro atoms. The van der Waals surface area contributed by atoms with Crippen LogP contribution in [0.2, 0.25) is 0 Å². The number of carbonyl (C=O) groups excluding carboxylic acids is 1. The third-order valence-corrected chi connectivity index (χ3v) is 3.48. The lowest BCUT2D eigenvalue weighted by atomic mass is 9.93. The molecule has 86 valence electrons. The molecule has 2 heteroatoms. The first-order valence-electron chi connectivity index (χ1n) is 5.85. The Balaban J connectivity index is 2.30. The zero-order valence-electron chi connectivity index (χ0n) is 10.2. The lowest BCUT2D eigenvalue weighted by molar-refractivity contribution is -0.146. The number of hydrogen-bond donors (Lipinski definition) is 0. The molecule has 1 aromatic rings. The van der Waals surface area contributed by atoms with Gasteiger partial charge in [-0.25, -0.2) is 0 Å². The van der Waals surface area contributed by atoms with E-state index in [1.165, 1.54) is 11.1 Å². The first-order chi connectivity index (χ1) is 7.60. The Morgan fingerprint density at radius 2 is 2.00 bits per heavy atom. The summed E-state index contributed by atoms with van der Waals surface area (Å²) < 4.78 is 5.15. The van der Waals surface area contributed by atoms with Gasteiger partial charge in [0.15, 0.2) is 0 Å². The minimum atomic E-state index is -0.325. The Kier molecular flexibility index (Phi) is 2.75. The largest absolute Gasteiger partial charge is 0.465 e. The highest BCUT2D eigenvalue weighted by atomic mass is 16.5. The maximum Gasteiger partial charge on any atom is 0.316 e. The molecule has 0 amide bonds. The maximum atomic E-state index is 11.9. The summed E-state index contributed by atoms with van der Waals surface area (Å²) in [4.78, 5) is 11.9. The van der Waals surface area contributed by atoms with Crippen molar-refractivity contribution < 1.29 is 9.53 Å². The molecule has 1 aliphatic carbocycles. The summed E-state index contributed by atoms with van der Waals surface area (Å²) in [5.74, 6) is -0.0572. The quantitative estimate of drug-likeness (QED) is 0.729. The average molecular weight is 218 g/mol. The Hall–Kier alpha value is -1.31. The third-order valence-electron chi connectivity index (χ3n) is 3.48. The van der Waals surface area contributed by atoms with Crippen LogP contribution in [0.1, 0.15) is 36.5 Å². The number of carbonyl (C=O) groups is 1. The summed E-state index contributed by atoms with van der Waals surface area (Å²) >= 11 is 0. The molecule has 2 rings (SSSR count). The van der Waals surface area contributed by atoms with Gasteiger partial charge in [0, 0.05) is 0 Å². The van der Waals surface area contributed by atoms with E-state index in [0.717, 1.165) is 18.4 Å². The van der Waals surface area contributed by atoms with Gasteiger partial charge in [0.05, 0.1) is 12.0 Å². The van der Waals surface area contributed by atoms with Crippen LogP contribution < -0.4 is 0 Å². The third kappa shape index (κ3) is 1.73. The lowest BCUT2D eigenvalue weighted by Gasteiger charge is -2.15. The van der Waals surface area contributed by atoms with E-state index in [-0.39, 0.29) is 11.4 Å². The van der Waals surface area contributed by atoms with Gasteiger partial charge in [-0.05, 0) is 50.3 Å². The Labute approximate surface area is 96.6 Å². The first-order valence-corrected chi connectivity index (χ1v) is 5.85. The van der Waals surface area contributed by atoms with E-state index in [0.29, 0.717) is 6.61 Å². The van der Waals surface area contributed by atoms with Crippen LogP contribution in [0.5, 0.6) is 0 Å². The summed E-state index contributed by atoms with van der Waals surface area (Å²) in [6.07, 6.45) is 1.85. The SMILES string of the molecule is CCOC(=O)C1(c2ccc(C)c(C)c2)CC1. The maximum absolute atomic E-state index is 11.9. The predicted molar refractivity (Wildman–Crippen MR) is 63.5 cm³/mol. The number of hydrogen-bond acceptors (Lipinski definition) is 2. The Bertz CT molecular complexity index is 417.